The number of hydrogen-bond donors (Lipinski definition) is 0. The predicted molar refractivity (Wildman–Crippen MR) is 256 cm³/mol. The molecule has 0 aliphatic carbocycles. The fourth-order valence-corrected chi connectivity index (χ4v) is 9.64. The standard InChI is InChI=1S/C57H37N3S/c1-5-16-38(17-6-1)40-28-32-42(33-29-40)50-37-51(60-57(59-50)45-34-30-41(31-35-45)39-18-7-2-8-19-39)46-24-15-25-47(36-46)54-56-53(48-26-13-14-27-49(48)58-54)52(43-20-9-3-10-21-43)55(61-56)44-22-11-4-12-23-44/h1-37H. The third kappa shape index (κ3) is 6.99. The molecule has 0 aliphatic rings. The highest BCUT2D eigenvalue weighted by Crippen LogP contribution is 2.50. The molecule has 4 heteroatoms. The van der Waals surface area contributed by atoms with Crippen molar-refractivity contribution in [2.45, 2.75) is 0 Å². The van der Waals surface area contributed by atoms with E-state index in [4.69, 9.17) is 15.0 Å². The molecule has 61 heavy (non-hydrogen) atoms. The fraction of sp³-hybridized carbons (Fsp3) is 0. The molecule has 11 aromatic rings. The van der Waals surface area contributed by atoms with E-state index in [9.17, 15) is 0 Å². The Morgan fingerprint density at radius 2 is 0.770 bits per heavy atom. The van der Waals surface area contributed by atoms with Crippen LogP contribution in [-0.2, 0) is 0 Å². The zero-order valence-electron chi connectivity index (χ0n) is 33.1. The van der Waals surface area contributed by atoms with E-state index >= 15 is 0 Å². The van der Waals surface area contributed by atoms with Crippen molar-refractivity contribution in [3.63, 3.8) is 0 Å². The number of hydrogen-bond acceptors (Lipinski definition) is 4. The molecule has 0 amide bonds. The van der Waals surface area contributed by atoms with Crippen molar-refractivity contribution in [1.82, 2.24) is 15.0 Å². The maximum Gasteiger partial charge on any atom is 0.160 e. The molecule has 0 aliphatic heterocycles. The normalized spacial score (nSPS) is 11.3. The van der Waals surface area contributed by atoms with Gasteiger partial charge in [0.1, 0.15) is 0 Å². The van der Waals surface area contributed by atoms with Crippen LogP contribution in [0, 0.1) is 0 Å². The monoisotopic (exact) mass is 795 g/mol. The molecule has 0 fully saturated rings. The minimum Gasteiger partial charge on any atom is -0.246 e. The second kappa shape index (κ2) is 15.8. The summed E-state index contributed by atoms with van der Waals surface area (Å²) in [5.74, 6) is 0.675. The van der Waals surface area contributed by atoms with Crippen molar-refractivity contribution in [2.24, 2.45) is 0 Å². The summed E-state index contributed by atoms with van der Waals surface area (Å²) in [6.45, 7) is 0. The van der Waals surface area contributed by atoms with Gasteiger partial charge in [0, 0.05) is 43.5 Å². The molecule has 0 bridgehead atoms. The van der Waals surface area contributed by atoms with Gasteiger partial charge in [-0.05, 0) is 51.6 Å². The molecule has 0 spiro atoms. The van der Waals surface area contributed by atoms with Crippen LogP contribution in [0.4, 0.5) is 0 Å². The van der Waals surface area contributed by atoms with Gasteiger partial charge < -0.3 is 0 Å². The lowest BCUT2D eigenvalue weighted by Gasteiger charge is -2.12. The Kier molecular flexibility index (Phi) is 9.38. The van der Waals surface area contributed by atoms with Crippen LogP contribution in [-0.4, -0.2) is 15.0 Å². The van der Waals surface area contributed by atoms with Crippen LogP contribution in [0.2, 0.25) is 0 Å². The summed E-state index contributed by atoms with van der Waals surface area (Å²) in [6.07, 6.45) is 0. The Morgan fingerprint density at radius 1 is 0.311 bits per heavy atom. The van der Waals surface area contributed by atoms with Gasteiger partial charge in [0.15, 0.2) is 5.82 Å². The molecule has 8 aromatic carbocycles. The molecular weight excluding hydrogens is 759 g/mol. The van der Waals surface area contributed by atoms with Crippen LogP contribution in [0.1, 0.15) is 0 Å². The van der Waals surface area contributed by atoms with Gasteiger partial charge in [-0.3, -0.25) is 0 Å². The first kappa shape index (κ1) is 36.3. The minimum absolute atomic E-state index is 0.675. The second-order valence-corrected chi connectivity index (χ2v) is 16.2. The molecular formula is C57H37N3S. The Bertz CT molecular complexity index is 3210. The number of fused-ring (bicyclic) bond motifs is 3. The molecule has 0 N–H and O–H groups in total. The van der Waals surface area contributed by atoms with E-state index < -0.39 is 0 Å². The summed E-state index contributed by atoms with van der Waals surface area (Å²) < 4.78 is 1.16. The average molecular weight is 796 g/mol. The summed E-state index contributed by atoms with van der Waals surface area (Å²) in [7, 11) is 0. The van der Waals surface area contributed by atoms with E-state index in [1.807, 2.05) is 23.5 Å². The third-order valence-electron chi connectivity index (χ3n) is 11.3. The summed E-state index contributed by atoms with van der Waals surface area (Å²) >= 11 is 1.82. The molecule has 3 nitrogen and oxygen atoms in total. The highest BCUT2D eigenvalue weighted by Gasteiger charge is 2.22. The average Bonchev–Trinajstić information content (AvgIpc) is 3.76. The first-order chi connectivity index (χ1) is 30.2. The number of rotatable bonds is 8. The lowest BCUT2D eigenvalue weighted by molar-refractivity contribution is 1.18. The van der Waals surface area contributed by atoms with Crippen molar-refractivity contribution in [3.05, 3.63) is 224 Å². The molecule has 0 saturated heterocycles. The maximum absolute atomic E-state index is 5.42. The molecule has 3 aromatic heterocycles. The van der Waals surface area contributed by atoms with Crippen molar-refractivity contribution in [3.8, 4) is 89.0 Å². The number of para-hydroxylation sites is 1. The molecule has 11 rings (SSSR count). The summed E-state index contributed by atoms with van der Waals surface area (Å²) in [4.78, 5) is 17.2. The van der Waals surface area contributed by atoms with Gasteiger partial charge in [-0.15, -0.1) is 11.3 Å². The van der Waals surface area contributed by atoms with Gasteiger partial charge in [-0.25, -0.2) is 15.0 Å². The molecule has 286 valence electrons. The van der Waals surface area contributed by atoms with E-state index in [1.165, 1.54) is 38.1 Å². The molecule has 0 saturated carbocycles. The van der Waals surface area contributed by atoms with E-state index in [-0.39, 0.29) is 0 Å². The van der Waals surface area contributed by atoms with E-state index in [2.05, 4.69) is 212 Å². The highest BCUT2D eigenvalue weighted by molar-refractivity contribution is 7.23. The van der Waals surface area contributed by atoms with Gasteiger partial charge in [0.2, 0.25) is 0 Å². The third-order valence-corrected chi connectivity index (χ3v) is 12.6. The predicted octanol–water partition coefficient (Wildman–Crippen LogP) is 15.6. The molecule has 0 radical (unpaired) electrons. The first-order valence-corrected chi connectivity index (χ1v) is 21.3. The largest absolute Gasteiger partial charge is 0.246 e. The molecule has 0 unspecified atom stereocenters. The fourth-order valence-electron chi connectivity index (χ4n) is 8.28. The van der Waals surface area contributed by atoms with Crippen LogP contribution >= 0.6 is 11.3 Å². The quantitative estimate of drug-likeness (QED) is 0.154. The number of pyridine rings is 1. The van der Waals surface area contributed by atoms with Crippen molar-refractivity contribution < 1.29 is 0 Å². The zero-order chi connectivity index (χ0) is 40.5. The Labute approximate surface area is 359 Å². The number of thiophene rings is 1. The Hall–Kier alpha value is -7.79. The summed E-state index contributed by atoms with van der Waals surface area (Å²) in [5, 5.41) is 2.38. The SMILES string of the molecule is c1ccc(-c2ccc(-c3cc(-c4cccc(-c5nc6ccccc6c6c(-c7ccccc7)c(-c7ccccc7)sc56)c4)nc(-c4ccc(-c5ccccc5)cc4)n3)cc2)cc1. The van der Waals surface area contributed by atoms with Crippen molar-refractivity contribution >= 4 is 32.3 Å². The van der Waals surface area contributed by atoms with Crippen LogP contribution < -0.4 is 0 Å². The minimum atomic E-state index is 0.675. The number of nitrogens with zero attached hydrogens (tertiary/aromatic N) is 3. The smallest absolute Gasteiger partial charge is 0.160 e. The lowest BCUT2D eigenvalue weighted by Crippen LogP contribution is -1.96. The van der Waals surface area contributed by atoms with Crippen molar-refractivity contribution in [2.75, 3.05) is 0 Å². The lowest BCUT2D eigenvalue weighted by atomic mass is 9.95. The summed E-state index contributed by atoms with van der Waals surface area (Å²) in [5.41, 5.74) is 16.0. The van der Waals surface area contributed by atoms with E-state index in [0.29, 0.717) is 5.82 Å². The van der Waals surface area contributed by atoms with Crippen LogP contribution in [0.25, 0.3) is 110 Å². The van der Waals surface area contributed by atoms with Gasteiger partial charge in [-0.1, -0.05) is 206 Å². The van der Waals surface area contributed by atoms with Crippen molar-refractivity contribution in [1.29, 1.82) is 0 Å². The maximum atomic E-state index is 5.42. The van der Waals surface area contributed by atoms with E-state index in [1.54, 1.807) is 0 Å². The number of benzene rings is 8. The van der Waals surface area contributed by atoms with Gasteiger partial charge in [-0.2, -0.15) is 0 Å². The molecule has 3 heterocycles. The first-order valence-electron chi connectivity index (χ1n) is 20.5. The molecule has 0 atom stereocenters. The number of aromatic nitrogens is 3. The highest BCUT2D eigenvalue weighted by atomic mass is 32.1. The van der Waals surface area contributed by atoms with Gasteiger partial charge in [0.05, 0.1) is 27.3 Å². The van der Waals surface area contributed by atoms with Crippen LogP contribution in [0.5, 0.6) is 0 Å². The topological polar surface area (TPSA) is 38.7 Å². The van der Waals surface area contributed by atoms with E-state index in [0.717, 1.165) is 66.1 Å². The Balaban J connectivity index is 1.08. The second-order valence-electron chi connectivity index (χ2n) is 15.1. The van der Waals surface area contributed by atoms with Gasteiger partial charge in [0.25, 0.3) is 0 Å². The summed E-state index contributed by atoms with van der Waals surface area (Å²) in [6, 6.07) is 79.0. The van der Waals surface area contributed by atoms with Crippen LogP contribution in [0.15, 0.2) is 224 Å². The van der Waals surface area contributed by atoms with Crippen LogP contribution in [0.3, 0.4) is 0 Å². The Morgan fingerprint density at radius 3 is 1.39 bits per heavy atom. The van der Waals surface area contributed by atoms with Gasteiger partial charge >= 0.3 is 0 Å². The zero-order valence-corrected chi connectivity index (χ0v) is 33.9.